The van der Waals surface area contributed by atoms with Crippen LogP contribution in [0.4, 0.5) is 0 Å². The fraction of sp³-hybridized carbons (Fsp3) is 0. The van der Waals surface area contributed by atoms with Crippen LogP contribution in [0, 0.1) is 0 Å². The van der Waals surface area contributed by atoms with Crippen LogP contribution in [0.5, 0.6) is 0 Å². The van der Waals surface area contributed by atoms with Crippen LogP contribution in [0.3, 0.4) is 0 Å². The lowest BCUT2D eigenvalue weighted by atomic mass is 9.98. The number of para-hydroxylation sites is 1. The average Bonchev–Trinajstić information content (AvgIpc) is 3.54. The number of pyridine rings is 2. The summed E-state index contributed by atoms with van der Waals surface area (Å²) in [6, 6.07) is 48.8. The van der Waals surface area contributed by atoms with Gasteiger partial charge in [0.05, 0.1) is 16.6 Å². The smallest absolute Gasteiger partial charge is 0.164 e. The quantitative estimate of drug-likeness (QED) is 0.195. The number of fused-ring (bicyclic) bond motifs is 4. The van der Waals surface area contributed by atoms with Crippen LogP contribution < -0.4 is 0 Å². The van der Waals surface area contributed by atoms with Gasteiger partial charge in [-0.05, 0) is 41.5 Å². The van der Waals surface area contributed by atoms with Crippen molar-refractivity contribution in [3.8, 4) is 56.7 Å². The lowest BCUT2D eigenvalue weighted by molar-refractivity contribution is 0.668. The van der Waals surface area contributed by atoms with Gasteiger partial charge in [-0.15, -0.1) is 0 Å². The first-order valence-electron chi connectivity index (χ1n) is 15.4. The van der Waals surface area contributed by atoms with Crippen molar-refractivity contribution in [1.29, 1.82) is 0 Å². The molecule has 4 heterocycles. The normalized spacial score (nSPS) is 11.4. The lowest BCUT2D eigenvalue weighted by Crippen LogP contribution is -2.00. The lowest BCUT2D eigenvalue weighted by Gasteiger charge is -2.11. The maximum Gasteiger partial charge on any atom is 0.164 e. The number of furan rings is 1. The molecule has 0 amide bonds. The van der Waals surface area contributed by atoms with Crippen LogP contribution in [0.1, 0.15) is 0 Å². The molecule has 0 aliphatic rings. The molecule has 47 heavy (non-hydrogen) atoms. The molecule has 0 saturated heterocycles. The third-order valence-corrected chi connectivity index (χ3v) is 8.42. The Labute approximate surface area is 270 Å². The molecule has 0 spiro atoms. The van der Waals surface area contributed by atoms with Crippen molar-refractivity contribution in [3.05, 3.63) is 152 Å². The molecule has 0 radical (unpaired) electrons. The van der Waals surface area contributed by atoms with Crippen LogP contribution >= 0.6 is 0 Å². The van der Waals surface area contributed by atoms with Crippen molar-refractivity contribution in [2.24, 2.45) is 0 Å². The van der Waals surface area contributed by atoms with Gasteiger partial charge in [0.15, 0.2) is 17.5 Å². The van der Waals surface area contributed by atoms with Gasteiger partial charge in [0, 0.05) is 33.7 Å². The van der Waals surface area contributed by atoms with E-state index in [0.717, 1.165) is 72.0 Å². The molecule has 6 heteroatoms. The van der Waals surface area contributed by atoms with E-state index in [9.17, 15) is 0 Å². The van der Waals surface area contributed by atoms with E-state index >= 15 is 0 Å². The molecule has 0 aliphatic heterocycles. The Morgan fingerprint density at radius 1 is 0.404 bits per heavy atom. The van der Waals surface area contributed by atoms with E-state index in [0.29, 0.717) is 17.5 Å². The number of nitrogens with zero attached hydrogens (tertiary/aromatic N) is 5. The zero-order valence-corrected chi connectivity index (χ0v) is 25.1. The second-order valence-corrected chi connectivity index (χ2v) is 11.3. The minimum Gasteiger partial charge on any atom is -0.456 e. The van der Waals surface area contributed by atoms with Crippen LogP contribution in [0.15, 0.2) is 156 Å². The van der Waals surface area contributed by atoms with Crippen molar-refractivity contribution in [1.82, 2.24) is 24.9 Å². The molecule has 0 saturated carbocycles. The summed E-state index contributed by atoms with van der Waals surface area (Å²) in [5.41, 5.74) is 9.14. The molecular formula is C41H25N5O. The summed E-state index contributed by atoms with van der Waals surface area (Å²) in [5.74, 6) is 1.91. The molecular weight excluding hydrogens is 578 g/mol. The molecule has 220 valence electrons. The molecule has 6 nitrogen and oxygen atoms in total. The molecule has 9 rings (SSSR count). The monoisotopic (exact) mass is 603 g/mol. The molecule has 4 aromatic heterocycles. The largest absolute Gasteiger partial charge is 0.456 e. The first-order valence-corrected chi connectivity index (χ1v) is 15.4. The van der Waals surface area contributed by atoms with E-state index in [4.69, 9.17) is 29.3 Å². The van der Waals surface area contributed by atoms with Crippen molar-refractivity contribution in [3.63, 3.8) is 0 Å². The molecule has 0 aliphatic carbocycles. The predicted molar refractivity (Wildman–Crippen MR) is 187 cm³/mol. The van der Waals surface area contributed by atoms with E-state index in [1.807, 2.05) is 103 Å². The zero-order valence-electron chi connectivity index (χ0n) is 25.1. The zero-order chi connectivity index (χ0) is 31.2. The molecule has 0 N–H and O–H groups in total. The first-order chi connectivity index (χ1) is 23.3. The summed E-state index contributed by atoms with van der Waals surface area (Å²) in [7, 11) is 0. The highest BCUT2D eigenvalue weighted by atomic mass is 16.3. The Kier molecular flexibility index (Phi) is 6.35. The summed E-state index contributed by atoms with van der Waals surface area (Å²) in [6.07, 6.45) is 1.78. The summed E-state index contributed by atoms with van der Waals surface area (Å²) in [5, 5.41) is 3.07. The topological polar surface area (TPSA) is 77.6 Å². The van der Waals surface area contributed by atoms with E-state index in [-0.39, 0.29) is 0 Å². The van der Waals surface area contributed by atoms with Gasteiger partial charge in [-0.1, -0.05) is 115 Å². The standard InChI is InChI=1S/C41H25N5O/c1-3-10-27(11-4-1)39-44-40(28-12-5-2-6-13-28)46-41(45-39)29-20-18-26(19-21-29)30-15-9-16-33-31(30)22-23-34(43-33)38-37-32-14-7-8-17-35(32)47-36(37)24-25-42-38/h1-25H. The van der Waals surface area contributed by atoms with E-state index in [1.54, 1.807) is 6.20 Å². The summed E-state index contributed by atoms with van der Waals surface area (Å²) in [4.78, 5) is 24.4. The second-order valence-electron chi connectivity index (χ2n) is 11.3. The van der Waals surface area contributed by atoms with Crippen LogP contribution in [0.2, 0.25) is 0 Å². The number of rotatable bonds is 5. The van der Waals surface area contributed by atoms with Gasteiger partial charge in [0.1, 0.15) is 16.9 Å². The number of hydrogen-bond acceptors (Lipinski definition) is 6. The van der Waals surface area contributed by atoms with Crippen LogP contribution in [0.25, 0.3) is 89.5 Å². The van der Waals surface area contributed by atoms with Gasteiger partial charge in [0.2, 0.25) is 0 Å². The van der Waals surface area contributed by atoms with E-state index in [1.165, 1.54) is 0 Å². The second kappa shape index (κ2) is 11.1. The molecule has 5 aromatic carbocycles. The van der Waals surface area contributed by atoms with Crippen molar-refractivity contribution >= 4 is 32.8 Å². The van der Waals surface area contributed by atoms with Gasteiger partial charge < -0.3 is 4.42 Å². The maximum absolute atomic E-state index is 6.10. The van der Waals surface area contributed by atoms with Crippen molar-refractivity contribution in [2.75, 3.05) is 0 Å². The molecule has 0 fully saturated rings. The fourth-order valence-electron chi connectivity index (χ4n) is 6.14. The highest BCUT2D eigenvalue weighted by Crippen LogP contribution is 2.36. The molecule has 9 aromatic rings. The minimum absolute atomic E-state index is 0.627. The van der Waals surface area contributed by atoms with Gasteiger partial charge in [-0.2, -0.15) is 0 Å². The Morgan fingerprint density at radius 2 is 1.02 bits per heavy atom. The highest BCUT2D eigenvalue weighted by Gasteiger charge is 2.16. The summed E-state index contributed by atoms with van der Waals surface area (Å²) in [6.45, 7) is 0. The van der Waals surface area contributed by atoms with E-state index in [2.05, 4.69) is 42.5 Å². The summed E-state index contributed by atoms with van der Waals surface area (Å²) < 4.78 is 6.10. The third kappa shape index (κ3) is 4.80. The minimum atomic E-state index is 0.627. The Hall–Kier alpha value is -6.53. The van der Waals surface area contributed by atoms with Crippen LogP contribution in [-0.2, 0) is 0 Å². The number of benzene rings is 5. The highest BCUT2D eigenvalue weighted by molar-refractivity contribution is 6.11. The van der Waals surface area contributed by atoms with Gasteiger partial charge in [-0.25, -0.2) is 19.9 Å². The SMILES string of the molecule is c1ccc(-c2nc(-c3ccccc3)nc(-c3ccc(-c4cccc5nc(-c6nccc7oc8ccccc8c67)ccc45)cc3)n2)cc1. The number of aromatic nitrogens is 5. The maximum atomic E-state index is 6.10. The van der Waals surface area contributed by atoms with Gasteiger partial charge in [0.25, 0.3) is 0 Å². The Morgan fingerprint density at radius 3 is 1.72 bits per heavy atom. The van der Waals surface area contributed by atoms with Gasteiger partial charge in [-0.3, -0.25) is 4.98 Å². The fourth-order valence-corrected chi connectivity index (χ4v) is 6.14. The Bertz CT molecular complexity index is 2500. The number of hydrogen-bond donors (Lipinski definition) is 0. The molecule has 0 unspecified atom stereocenters. The molecule has 0 bridgehead atoms. The Balaban J connectivity index is 1.10. The van der Waals surface area contributed by atoms with E-state index < -0.39 is 0 Å². The average molecular weight is 604 g/mol. The predicted octanol–water partition coefficient (Wildman–Crippen LogP) is 10.0. The van der Waals surface area contributed by atoms with Crippen LogP contribution in [-0.4, -0.2) is 24.9 Å². The third-order valence-electron chi connectivity index (χ3n) is 8.42. The van der Waals surface area contributed by atoms with Gasteiger partial charge >= 0.3 is 0 Å². The summed E-state index contributed by atoms with van der Waals surface area (Å²) >= 11 is 0. The first kappa shape index (κ1) is 26.8. The molecule has 0 atom stereocenters. The van der Waals surface area contributed by atoms with Crippen molar-refractivity contribution < 1.29 is 4.42 Å². The van der Waals surface area contributed by atoms with Crippen molar-refractivity contribution in [2.45, 2.75) is 0 Å².